The molecule has 0 radical (unpaired) electrons. The molecule has 1 amide bonds. The lowest BCUT2D eigenvalue weighted by molar-refractivity contribution is -0.138. The second-order valence-electron chi connectivity index (χ2n) is 4.58. The molecule has 1 aromatic carbocycles. The monoisotopic (exact) mass is 288 g/mol. The number of carbonyl (C=O) groups is 1. The van der Waals surface area contributed by atoms with Crippen molar-refractivity contribution in [2.45, 2.75) is 12.7 Å². The van der Waals surface area contributed by atoms with Crippen molar-refractivity contribution in [3.63, 3.8) is 0 Å². The van der Waals surface area contributed by atoms with Crippen LogP contribution >= 0.6 is 0 Å². The van der Waals surface area contributed by atoms with Crippen LogP contribution in [0.25, 0.3) is 0 Å². The number of alkyl halides is 3. The first-order valence-electron chi connectivity index (χ1n) is 6.18. The van der Waals surface area contributed by atoms with E-state index in [1.807, 2.05) is 4.90 Å². The average Bonchev–Trinajstić information content (AvgIpc) is 2.38. The van der Waals surface area contributed by atoms with Gasteiger partial charge in [0.1, 0.15) is 0 Å². The first-order chi connectivity index (χ1) is 9.39. The number of rotatable bonds is 3. The second kappa shape index (κ2) is 5.80. The summed E-state index contributed by atoms with van der Waals surface area (Å²) in [5.74, 6) is -0.848. The minimum absolute atomic E-state index is 0.0390. The van der Waals surface area contributed by atoms with Crippen molar-refractivity contribution in [1.29, 1.82) is 0 Å². The summed E-state index contributed by atoms with van der Waals surface area (Å²) in [7, 11) is 0. The largest absolute Gasteiger partial charge is 0.416 e. The van der Waals surface area contributed by atoms with Crippen LogP contribution in [0.1, 0.15) is 21.5 Å². The first-order valence-corrected chi connectivity index (χ1v) is 6.18. The van der Waals surface area contributed by atoms with Gasteiger partial charge < -0.3 is 10.5 Å². The predicted octanol–water partition coefficient (Wildman–Crippen LogP) is 1.64. The highest BCUT2D eigenvalue weighted by Gasteiger charge is 2.35. The second-order valence-corrected chi connectivity index (χ2v) is 4.58. The van der Waals surface area contributed by atoms with E-state index in [-0.39, 0.29) is 17.7 Å². The van der Waals surface area contributed by atoms with Crippen LogP contribution in [0, 0.1) is 0 Å². The molecule has 7 heteroatoms. The molecule has 2 rings (SSSR count). The van der Waals surface area contributed by atoms with Crippen LogP contribution in [0.5, 0.6) is 0 Å². The quantitative estimate of drug-likeness (QED) is 0.920. The zero-order chi connectivity index (χ0) is 14.8. The summed E-state index contributed by atoms with van der Waals surface area (Å²) >= 11 is 0. The molecule has 1 heterocycles. The molecule has 0 unspecified atom stereocenters. The maximum absolute atomic E-state index is 13.1. The predicted molar refractivity (Wildman–Crippen MR) is 66.1 cm³/mol. The summed E-state index contributed by atoms with van der Waals surface area (Å²) in [5, 5.41) is 0. The number of nitrogens with zero attached hydrogens (tertiary/aromatic N) is 1. The van der Waals surface area contributed by atoms with Gasteiger partial charge in [-0.3, -0.25) is 9.69 Å². The number of amides is 1. The standard InChI is InChI=1S/C13H15F3N2O2/c14-13(15,16)11-3-1-2-9(12(17)19)10(11)8-18-4-6-20-7-5-18/h1-3H,4-8H2,(H2,17,19). The lowest BCUT2D eigenvalue weighted by Gasteiger charge is -2.28. The normalized spacial score (nSPS) is 17.1. The summed E-state index contributed by atoms with van der Waals surface area (Å²) in [6, 6.07) is 3.50. The molecule has 1 aliphatic heterocycles. The number of morpholine rings is 1. The number of hydrogen-bond donors (Lipinski definition) is 1. The van der Waals surface area contributed by atoms with Crippen molar-refractivity contribution in [2.24, 2.45) is 5.73 Å². The fourth-order valence-corrected chi connectivity index (χ4v) is 2.24. The average molecular weight is 288 g/mol. The molecule has 110 valence electrons. The third-order valence-corrected chi connectivity index (χ3v) is 3.23. The highest BCUT2D eigenvalue weighted by molar-refractivity contribution is 5.94. The summed E-state index contributed by atoms with van der Waals surface area (Å²) in [4.78, 5) is 13.2. The highest BCUT2D eigenvalue weighted by Crippen LogP contribution is 2.34. The lowest BCUT2D eigenvalue weighted by atomic mass is 9.99. The lowest BCUT2D eigenvalue weighted by Crippen LogP contribution is -2.37. The van der Waals surface area contributed by atoms with Crippen LogP contribution in [-0.4, -0.2) is 37.1 Å². The molecule has 0 atom stereocenters. The SMILES string of the molecule is NC(=O)c1cccc(C(F)(F)F)c1CN1CCOCC1. The number of nitrogens with two attached hydrogens (primary N) is 1. The summed E-state index contributed by atoms with van der Waals surface area (Å²) in [5.41, 5.74) is 4.24. The van der Waals surface area contributed by atoms with Gasteiger partial charge in [0.25, 0.3) is 0 Å². The van der Waals surface area contributed by atoms with Crippen LogP contribution in [0.4, 0.5) is 13.2 Å². The Balaban J connectivity index is 2.38. The van der Waals surface area contributed by atoms with Gasteiger partial charge in [-0.2, -0.15) is 13.2 Å². The fourth-order valence-electron chi connectivity index (χ4n) is 2.24. The number of carbonyl (C=O) groups excluding carboxylic acids is 1. The number of halogens is 3. The first kappa shape index (κ1) is 14.8. The Hall–Kier alpha value is -1.60. The van der Waals surface area contributed by atoms with E-state index in [0.29, 0.717) is 26.3 Å². The fraction of sp³-hybridized carbons (Fsp3) is 0.462. The molecule has 0 aromatic heterocycles. The molecule has 20 heavy (non-hydrogen) atoms. The molecule has 1 fully saturated rings. The number of primary amides is 1. The summed E-state index contributed by atoms with van der Waals surface area (Å²) in [6.45, 7) is 2.05. The molecule has 0 aliphatic carbocycles. The molecule has 0 bridgehead atoms. The maximum atomic E-state index is 13.1. The van der Waals surface area contributed by atoms with Crippen LogP contribution in [-0.2, 0) is 17.5 Å². The summed E-state index contributed by atoms with van der Waals surface area (Å²) in [6.07, 6.45) is -4.51. The number of benzene rings is 1. The smallest absolute Gasteiger partial charge is 0.379 e. The van der Waals surface area contributed by atoms with E-state index in [9.17, 15) is 18.0 Å². The third-order valence-electron chi connectivity index (χ3n) is 3.23. The van der Waals surface area contributed by atoms with Crippen molar-refractivity contribution >= 4 is 5.91 Å². The van der Waals surface area contributed by atoms with Crippen LogP contribution in [0.2, 0.25) is 0 Å². The van der Waals surface area contributed by atoms with Crippen molar-refractivity contribution in [2.75, 3.05) is 26.3 Å². The Kier molecular flexibility index (Phi) is 4.29. The van der Waals surface area contributed by atoms with Crippen LogP contribution in [0.15, 0.2) is 18.2 Å². The van der Waals surface area contributed by atoms with E-state index in [1.165, 1.54) is 12.1 Å². The van der Waals surface area contributed by atoms with Gasteiger partial charge in [0.05, 0.1) is 18.8 Å². The van der Waals surface area contributed by atoms with E-state index in [2.05, 4.69) is 0 Å². The van der Waals surface area contributed by atoms with E-state index in [0.717, 1.165) is 6.07 Å². The van der Waals surface area contributed by atoms with Gasteiger partial charge in [-0.05, 0) is 17.7 Å². The van der Waals surface area contributed by atoms with E-state index in [1.54, 1.807) is 0 Å². The van der Waals surface area contributed by atoms with Gasteiger partial charge in [-0.25, -0.2) is 0 Å². The Bertz CT molecular complexity index is 497. The van der Waals surface area contributed by atoms with Gasteiger partial charge in [-0.1, -0.05) is 6.07 Å². The Morgan fingerprint density at radius 1 is 1.30 bits per heavy atom. The van der Waals surface area contributed by atoms with Gasteiger partial charge >= 0.3 is 6.18 Å². The minimum atomic E-state index is -4.51. The zero-order valence-corrected chi connectivity index (χ0v) is 10.7. The molecule has 4 nitrogen and oxygen atoms in total. The molecular weight excluding hydrogens is 273 g/mol. The Morgan fingerprint density at radius 2 is 1.95 bits per heavy atom. The van der Waals surface area contributed by atoms with Crippen molar-refractivity contribution < 1.29 is 22.7 Å². The number of ether oxygens (including phenoxy) is 1. The Morgan fingerprint density at radius 3 is 2.50 bits per heavy atom. The van der Waals surface area contributed by atoms with Crippen molar-refractivity contribution in [1.82, 2.24) is 4.90 Å². The molecular formula is C13H15F3N2O2. The van der Waals surface area contributed by atoms with E-state index >= 15 is 0 Å². The number of hydrogen-bond acceptors (Lipinski definition) is 3. The molecule has 1 aromatic rings. The van der Waals surface area contributed by atoms with Crippen LogP contribution < -0.4 is 5.73 Å². The molecule has 2 N–H and O–H groups in total. The zero-order valence-electron chi connectivity index (χ0n) is 10.7. The van der Waals surface area contributed by atoms with Crippen molar-refractivity contribution in [3.8, 4) is 0 Å². The molecule has 1 saturated heterocycles. The maximum Gasteiger partial charge on any atom is 0.416 e. The molecule has 0 spiro atoms. The van der Waals surface area contributed by atoms with Crippen molar-refractivity contribution in [3.05, 3.63) is 34.9 Å². The minimum Gasteiger partial charge on any atom is -0.379 e. The van der Waals surface area contributed by atoms with Gasteiger partial charge in [0, 0.05) is 25.2 Å². The van der Waals surface area contributed by atoms with Crippen LogP contribution in [0.3, 0.4) is 0 Å². The van der Waals surface area contributed by atoms with E-state index < -0.39 is 17.6 Å². The van der Waals surface area contributed by atoms with Gasteiger partial charge in [0.2, 0.25) is 5.91 Å². The molecule has 0 saturated carbocycles. The van der Waals surface area contributed by atoms with Gasteiger partial charge in [-0.15, -0.1) is 0 Å². The third kappa shape index (κ3) is 3.29. The van der Waals surface area contributed by atoms with Gasteiger partial charge in [0.15, 0.2) is 0 Å². The molecule has 1 aliphatic rings. The Labute approximate surface area is 114 Å². The van der Waals surface area contributed by atoms with E-state index in [4.69, 9.17) is 10.5 Å². The topological polar surface area (TPSA) is 55.6 Å². The summed E-state index contributed by atoms with van der Waals surface area (Å²) < 4.78 is 44.3. The highest BCUT2D eigenvalue weighted by atomic mass is 19.4.